The predicted molar refractivity (Wildman–Crippen MR) is 153 cm³/mol. The molecule has 2 aromatic heterocycles. The van der Waals surface area contributed by atoms with Gasteiger partial charge in [0.15, 0.2) is 11.9 Å². The molecular formula is C31H28N6O3. The van der Waals surface area contributed by atoms with Gasteiger partial charge in [-0.1, -0.05) is 66.2 Å². The van der Waals surface area contributed by atoms with Gasteiger partial charge in [0.25, 0.3) is 11.8 Å². The molecule has 0 saturated carbocycles. The molecule has 40 heavy (non-hydrogen) atoms. The lowest BCUT2D eigenvalue weighted by Gasteiger charge is -2.34. The van der Waals surface area contributed by atoms with E-state index >= 15 is 0 Å². The van der Waals surface area contributed by atoms with Crippen LogP contribution in [0.1, 0.15) is 35.2 Å². The largest absolute Gasteiger partial charge is 0.361 e. The molecule has 0 radical (unpaired) electrons. The number of hydrogen-bond acceptors (Lipinski definition) is 4. The van der Waals surface area contributed by atoms with Crippen molar-refractivity contribution in [2.24, 2.45) is 5.10 Å². The summed E-state index contributed by atoms with van der Waals surface area (Å²) < 4.78 is 0. The zero-order chi connectivity index (χ0) is 27.8. The Morgan fingerprint density at radius 3 is 2.30 bits per heavy atom. The average molecular weight is 533 g/mol. The molecule has 0 fully saturated rings. The van der Waals surface area contributed by atoms with E-state index in [2.05, 4.69) is 20.6 Å². The van der Waals surface area contributed by atoms with Crippen molar-refractivity contribution in [3.63, 3.8) is 0 Å². The summed E-state index contributed by atoms with van der Waals surface area (Å²) in [5, 5.41) is 13.4. The average Bonchev–Trinajstić information content (AvgIpc) is 3.56. The van der Waals surface area contributed by atoms with Crippen molar-refractivity contribution < 1.29 is 14.4 Å². The minimum Gasteiger partial charge on any atom is -0.361 e. The summed E-state index contributed by atoms with van der Waals surface area (Å²) in [7, 11) is 0. The number of H-pyrrole nitrogens is 2. The molecule has 1 aliphatic rings. The molecule has 0 unspecified atom stereocenters. The van der Waals surface area contributed by atoms with E-state index in [4.69, 9.17) is 5.10 Å². The molecule has 3 aromatic carbocycles. The van der Waals surface area contributed by atoms with Crippen molar-refractivity contribution in [3.8, 4) is 0 Å². The number of rotatable bonds is 6. The van der Waals surface area contributed by atoms with Crippen molar-refractivity contribution in [3.05, 3.63) is 107 Å². The Hall–Kier alpha value is -5.18. The quantitative estimate of drug-likeness (QED) is 0.264. The van der Waals surface area contributed by atoms with E-state index in [1.807, 2.05) is 85.9 Å². The highest BCUT2D eigenvalue weighted by Gasteiger charge is 2.40. The molecular weight excluding hydrogens is 504 g/mol. The lowest BCUT2D eigenvalue weighted by molar-refractivity contribution is -0.144. The second kappa shape index (κ2) is 10.2. The molecule has 6 rings (SSSR count). The van der Waals surface area contributed by atoms with Gasteiger partial charge in [0.2, 0.25) is 5.91 Å². The van der Waals surface area contributed by atoms with E-state index in [1.54, 1.807) is 6.20 Å². The SMILES string of the molecule is CC(=O)N[C@@H](Cc1c[nH]c2ccccc12)C(=O)N1N=C(c2ccc(C)cc2)NC(=O)[C@H]1c1c[nH]c2ccccc12. The van der Waals surface area contributed by atoms with Gasteiger partial charge in [-0.15, -0.1) is 0 Å². The first kappa shape index (κ1) is 25.1. The Morgan fingerprint density at radius 1 is 0.925 bits per heavy atom. The fourth-order valence-electron chi connectivity index (χ4n) is 5.22. The van der Waals surface area contributed by atoms with Crippen molar-refractivity contribution in [2.45, 2.75) is 32.4 Å². The van der Waals surface area contributed by atoms with Crippen molar-refractivity contribution in [2.75, 3.05) is 0 Å². The highest BCUT2D eigenvalue weighted by Crippen LogP contribution is 2.32. The number of amidine groups is 1. The summed E-state index contributed by atoms with van der Waals surface area (Å²) in [5.41, 5.74) is 4.98. The topological polar surface area (TPSA) is 122 Å². The molecule has 5 aromatic rings. The molecule has 3 heterocycles. The van der Waals surface area contributed by atoms with Gasteiger partial charge in [-0.05, 0) is 24.6 Å². The van der Waals surface area contributed by atoms with Gasteiger partial charge < -0.3 is 20.6 Å². The van der Waals surface area contributed by atoms with E-state index in [9.17, 15) is 14.4 Å². The summed E-state index contributed by atoms with van der Waals surface area (Å²) in [4.78, 5) is 46.8. The number of aromatic amines is 2. The third-order valence-electron chi connectivity index (χ3n) is 7.18. The highest BCUT2D eigenvalue weighted by atomic mass is 16.2. The molecule has 4 N–H and O–H groups in total. The second-order valence-corrected chi connectivity index (χ2v) is 10.00. The van der Waals surface area contributed by atoms with Crippen LogP contribution in [-0.2, 0) is 20.8 Å². The Balaban J connectivity index is 1.45. The maximum atomic E-state index is 14.3. The van der Waals surface area contributed by atoms with Crippen LogP contribution in [0.15, 0.2) is 90.3 Å². The minimum atomic E-state index is -1.04. The van der Waals surface area contributed by atoms with E-state index in [0.717, 1.165) is 32.9 Å². The zero-order valence-electron chi connectivity index (χ0n) is 22.1. The van der Waals surface area contributed by atoms with Crippen LogP contribution in [0.25, 0.3) is 21.8 Å². The number of carbonyl (C=O) groups excluding carboxylic acids is 3. The maximum absolute atomic E-state index is 14.3. The van der Waals surface area contributed by atoms with Crippen LogP contribution in [0.4, 0.5) is 0 Å². The summed E-state index contributed by atoms with van der Waals surface area (Å²) in [6, 6.07) is 20.9. The molecule has 1 aliphatic heterocycles. The van der Waals surface area contributed by atoms with Gasteiger partial charge >= 0.3 is 0 Å². The van der Waals surface area contributed by atoms with Gasteiger partial charge in [0.1, 0.15) is 6.04 Å². The Kier molecular flexibility index (Phi) is 6.39. The fourth-order valence-corrected chi connectivity index (χ4v) is 5.22. The number of nitrogens with zero attached hydrogens (tertiary/aromatic N) is 2. The minimum absolute atomic E-state index is 0.219. The fraction of sp³-hybridized carbons (Fsp3) is 0.161. The number of aromatic nitrogens is 2. The van der Waals surface area contributed by atoms with Gasteiger partial charge in [0, 0.05) is 58.7 Å². The number of carbonyl (C=O) groups is 3. The number of nitrogens with one attached hydrogen (secondary N) is 4. The molecule has 0 aliphatic carbocycles. The number of hydrogen-bond donors (Lipinski definition) is 4. The van der Waals surface area contributed by atoms with Crippen LogP contribution in [0.2, 0.25) is 0 Å². The normalized spacial score (nSPS) is 16.1. The van der Waals surface area contributed by atoms with Crippen LogP contribution >= 0.6 is 0 Å². The van der Waals surface area contributed by atoms with Crippen molar-refractivity contribution >= 4 is 45.4 Å². The monoisotopic (exact) mass is 532 g/mol. The van der Waals surface area contributed by atoms with Crippen LogP contribution in [0.5, 0.6) is 0 Å². The molecule has 0 spiro atoms. The second-order valence-electron chi connectivity index (χ2n) is 10.00. The summed E-state index contributed by atoms with van der Waals surface area (Å²) >= 11 is 0. The smallest absolute Gasteiger partial charge is 0.266 e. The van der Waals surface area contributed by atoms with E-state index in [1.165, 1.54) is 11.9 Å². The van der Waals surface area contributed by atoms with Crippen LogP contribution in [0, 0.1) is 6.92 Å². The first-order valence-corrected chi connectivity index (χ1v) is 13.1. The van der Waals surface area contributed by atoms with Gasteiger partial charge in [-0.2, -0.15) is 5.10 Å². The van der Waals surface area contributed by atoms with E-state index in [-0.39, 0.29) is 18.2 Å². The Bertz CT molecular complexity index is 1780. The van der Waals surface area contributed by atoms with Gasteiger partial charge in [-0.3, -0.25) is 14.4 Å². The lowest BCUT2D eigenvalue weighted by Crippen LogP contribution is -2.55. The highest BCUT2D eigenvalue weighted by molar-refractivity contribution is 6.12. The van der Waals surface area contributed by atoms with Crippen molar-refractivity contribution in [1.82, 2.24) is 25.6 Å². The molecule has 9 nitrogen and oxygen atoms in total. The zero-order valence-corrected chi connectivity index (χ0v) is 22.1. The van der Waals surface area contributed by atoms with Gasteiger partial charge in [-0.25, -0.2) is 5.01 Å². The van der Waals surface area contributed by atoms with Crippen molar-refractivity contribution in [1.29, 1.82) is 0 Å². The van der Waals surface area contributed by atoms with E-state index in [0.29, 0.717) is 11.1 Å². The molecule has 3 amide bonds. The summed E-state index contributed by atoms with van der Waals surface area (Å²) in [5.74, 6) is -0.971. The number of amides is 3. The molecule has 0 bridgehead atoms. The first-order chi connectivity index (χ1) is 19.4. The van der Waals surface area contributed by atoms with Crippen LogP contribution in [-0.4, -0.2) is 44.6 Å². The number of hydrazone groups is 1. The molecule has 9 heteroatoms. The van der Waals surface area contributed by atoms with Gasteiger partial charge in [0.05, 0.1) is 0 Å². The number of para-hydroxylation sites is 2. The third kappa shape index (κ3) is 4.62. The standard InChI is InChI=1S/C31H28N6O3/c1-18-11-13-20(14-12-18)29-35-30(39)28(24-17-33-26-10-6-4-8-23(24)26)37(36-29)31(40)27(34-19(2)38)15-21-16-32-25-9-5-3-7-22(21)25/h3-14,16-17,27-28,32-33H,15H2,1-2H3,(H,34,38)(H,35,36,39)/t27-,28+/m0/s1. The Morgan fingerprint density at radius 2 is 1.57 bits per heavy atom. The number of benzene rings is 3. The Labute approximate surface area is 230 Å². The molecule has 2 atom stereocenters. The summed E-state index contributed by atoms with van der Waals surface area (Å²) in [6.07, 6.45) is 3.79. The van der Waals surface area contributed by atoms with Crippen LogP contribution in [0.3, 0.4) is 0 Å². The molecule has 200 valence electrons. The number of fused-ring (bicyclic) bond motifs is 2. The lowest BCUT2D eigenvalue weighted by atomic mass is 10.00. The van der Waals surface area contributed by atoms with Crippen LogP contribution < -0.4 is 10.6 Å². The maximum Gasteiger partial charge on any atom is 0.266 e. The van der Waals surface area contributed by atoms with E-state index < -0.39 is 23.9 Å². The third-order valence-corrected chi connectivity index (χ3v) is 7.18. The number of aryl methyl sites for hydroxylation is 1. The summed E-state index contributed by atoms with van der Waals surface area (Å²) in [6.45, 7) is 3.34. The predicted octanol–water partition coefficient (Wildman–Crippen LogP) is 4.07. The first-order valence-electron chi connectivity index (χ1n) is 13.1. The molecule has 0 saturated heterocycles.